The van der Waals surface area contributed by atoms with Gasteiger partial charge in [0.25, 0.3) is 0 Å². The van der Waals surface area contributed by atoms with Gasteiger partial charge in [-0.05, 0) is 24.6 Å². The molecule has 2 rings (SSSR count). The van der Waals surface area contributed by atoms with Crippen LogP contribution >= 0.6 is 0 Å². The Kier molecular flexibility index (Phi) is 4.61. The van der Waals surface area contributed by atoms with Gasteiger partial charge in [0.2, 0.25) is 6.54 Å². The van der Waals surface area contributed by atoms with Gasteiger partial charge in [-0.15, -0.1) is 0 Å². The van der Waals surface area contributed by atoms with Crippen LogP contribution in [0.1, 0.15) is 18.1 Å². The van der Waals surface area contributed by atoms with Crippen LogP contribution in [0.25, 0.3) is 0 Å². The lowest BCUT2D eigenvalue weighted by Crippen LogP contribution is -2.29. The van der Waals surface area contributed by atoms with Gasteiger partial charge in [0, 0.05) is 12.0 Å². The van der Waals surface area contributed by atoms with Gasteiger partial charge in [0.05, 0.1) is 20.8 Å². The number of carbonyl (C=O) groups is 1. The SMILES string of the molecule is CCOC(=O)C[N+]1=Cc2cc(OC)c(OC)cc2CC1. The fourth-order valence-electron chi connectivity index (χ4n) is 2.30. The maximum Gasteiger partial charge on any atom is 0.372 e. The maximum atomic E-state index is 11.5. The van der Waals surface area contributed by atoms with E-state index in [1.54, 1.807) is 14.2 Å². The van der Waals surface area contributed by atoms with E-state index >= 15 is 0 Å². The number of hydrogen-bond acceptors (Lipinski definition) is 4. The molecule has 1 aliphatic heterocycles. The first-order chi connectivity index (χ1) is 9.67. The monoisotopic (exact) mass is 278 g/mol. The van der Waals surface area contributed by atoms with Crippen molar-refractivity contribution >= 4 is 12.2 Å². The maximum absolute atomic E-state index is 11.5. The van der Waals surface area contributed by atoms with Crippen molar-refractivity contribution in [3.05, 3.63) is 23.3 Å². The number of nitrogens with zero attached hydrogens (tertiary/aromatic N) is 1. The summed E-state index contributed by atoms with van der Waals surface area (Å²) in [7, 11) is 3.24. The van der Waals surface area contributed by atoms with Crippen LogP contribution in [0.5, 0.6) is 11.5 Å². The number of carbonyl (C=O) groups excluding carboxylic acids is 1. The van der Waals surface area contributed by atoms with E-state index < -0.39 is 0 Å². The molecule has 5 heteroatoms. The van der Waals surface area contributed by atoms with Gasteiger partial charge in [0.1, 0.15) is 6.54 Å². The number of fused-ring (bicyclic) bond motifs is 1. The molecule has 0 aromatic heterocycles. The summed E-state index contributed by atoms with van der Waals surface area (Å²) in [6.45, 7) is 3.29. The van der Waals surface area contributed by atoms with Gasteiger partial charge >= 0.3 is 5.97 Å². The molecule has 0 saturated carbocycles. The number of ether oxygens (including phenoxy) is 3. The Labute approximate surface area is 118 Å². The molecule has 0 atom stereocenters. The Balaban J connectivity index is 2.24. The standard InChI is InChI=1S/C15H20NO4/c1-4-20-15(17)10-16-6-5-11-7-13(18-2)14(19-3)8-12(11)9-16/h7-9H,4-6,10H2,1-3H3/q+1. The molecule has 1 heterocycles. The fraction of sp³-hybridized carbons (Fsp3) is 0.467. The third-order valence-corrected chi connectivity index (χ3v) is 3.27. The smallest absolute Gasteiger partial charge is 0.372 e. The molecule has 1 aromatic carbocycles. The third-order valence-electron chi connectivity index (χ3n) is 3.27. The van der Waals surface area contributed by atoms with E-state index in [9.17, 15) is 4.79 Å². The number of rotatable bonds is 5. The zero-order valence-corrected chi connectivity index (χ0v) is 12.1. The Morgan fingerprint density at radius 3 is 2.60 bits per heavy atom. The predicted octanol–water partition coefficient (Wildman–Crippen LogP) is 1.25. The Hall–Kier alpha value is -2.04. The lowest BCUT2D eigenvalue weighted by molar-refractivity contribution is -0.514. The van der Waals surface area contributed by atoms with Crippen LogP contribution in [-0.2, 0) is 16.0 Å². The van der Waals surface area contributed by atoms with Gasteiger partial charge in [-0.3, -0.25) is 0 Å². The molecule has 0 amide bonds. The molecule has 5 nitrogen and oxygen atoms in total. The highest BCUT2D eigenvalue weighted by molar-refractivity contribution is 5.81. The second-order valence-corrected chi connectivity index (χ2v) is 4.56. The van der Waals surface area contributed by atoms with Crippen molar-refractivity contribution in [1.29, 1.82) is 0 Å². The lowest BCUT2D eigenvalue weighted by Gasteiger charge is -2.15. The van der Waals surface area contributed by atoms with Crippen molar-refractivity contribution in [1.82, 2.24) is 0 Å². The van der Waals surface area contributed by atoms with Crippen molar-refractivity contribution < 1.29 is 23.6 Å². The van der Waals surface area contributed by atoms with Gasteiger partial charge in [-0.2, -0.15) is 0 Å². The van der Waals surface area contributed by atoms with Gasteiger partial charge in [-0.25, -0.2) is 9.37 Å². The quantitative estimate of drug-likeness (QED) is 0.601. The summed E-state index contributed by atoms with van der Waals surface area (Å²) < 4.78 is 17.5. The van der Waals surface area contributed by atoms with Crippen LogP contribution in [0.15, 0.2) is 12.1 Å². The summed E-state index contributed by atoms with van der Waals surface area (Å²) in [6.07, 6.45) is 2.84. The molecule has 0 radical (unpaired) electrons. The van der Waals surface area contributed by atoms with Crippen molar-refractivity contribution in [3.8, 4) is 11.5 Å². The van der Waals surface area contributed by atoms with Crippen molar-refractivity contribution in [3.63, 3.8) is 0 Å². The van der Waals surface area contributed by atoms with E-state index in [2.05, 4.69) is 0 Å². The molecule has 0 bridgehead atoms. The van der Waals surface area contributed by atoms with Crippen LogP contribution in [0.2, 0.25) is 0 Å². The highest BCUT2D eigenvalue weighted by Gasteiger charge is 2.21. The summed E-state index contributed by atoms with van der Waals surface area (Å²) in [5, 5.41) is 0. The summed E-state index contributed by atoms with van der Waals surface area (Å²) in [5.41, 5.74) is 2.25. The molecule has 1 aliphatic rings. The zero-order valence-electron chi connectivity index (χ0n) is 12.1. The molecule has 0 fully saturated rings. The highest BCUT2D eigenvalue weighted by Crippen LogP contribution is 2.31. The van der Waals surface area contributed by atoms with E-state index in [1.807, 2.05) is 29.8 Å². The van der Waals surface area contributed by atoms with Crippen LogP contribution in [0.4, 0.5) is 0 Å². The summed E-state index contributed by atoms with van der Waals surface area (Å²) >= 11 is 0. The van der Waals surface area contributed by atoms with E-state index in [0.717, 1.165) is 24.3 Å². The minimum Gasteiger partial charge on any atom is -0.493 e. The average Bonchev–Trinajstić information content (AvgIpc) is 2.45. The first-order valence-electron chi connectivity index (χ1n) is 6.67. The number of hydrogen-bond donors (Lipinski definition) is 0. The van der Waals surface area contributed by atoms with Crippen LogP contribution in [0.3, 0.4) is 0 Å². The van der Waals surface area contributed by atoms with Crippen LogP contribution in [0, 0.1) is 0 Å². The molecular formula is C15H20NO4+. The van der Waals surface area contributed by atoms with Crippen molar-refractivity contribution in [2.75, 3.05) is 33.9 Å². The number of esters is 1. The molecule has 108 valence electrons. The Morgan fingerprint density at radius 2 is 1.95 bits per heavy atom. The molecule has 0 saturated heterocycles. The normalized spacial score (nSPS) is 13.2. The molecule has 0 aliphatic carbocycles. The Bertz CT molecular complexity index is 537. The number of benzene rings is 1. The average molecular weight is 278 g/mol. The van der Waals surface area contributed by atoms with Crippen LogP contribution < -0.4 is 9.47 Å². The number of methoxy groups -OCH3 is 2. The first kappa shape index (κ1) is 14.4. The molecule has 20 heavy (non-hydrogen) atoms. The zero-order chi connectivity index (χ0) is 14.5. The van der Waals surface area contributed by atoms with Gasteiger partial charge < -0.3 is 14.2 Å². The largest absolute Gasteiger partial charge is 0.493 e. The first-order valence-corrected chi connectivity index (χ1v) is 6.67. The van der Waals surface area contributed by atoms with E-state index in [4.69, 9.17) is 14.2 Å². The molecular weight excluding hydrogens is 258 g/mol. The lowest BCUT2D eigenvalue weighted by atomic mass is 10.0. The molecule has 0 unspecified atom stereocenters. The van der Waals surface area contributed by atoms with Crippen LogP contribution in [-0.4, -0.2) is 50.7 Å². The summed E-state index contributed by atoms with van der Waals surface area (Å²) in [4.78, 5) is 11.5. The second-order valence-electron chi connectivity index (χ2n) is 4.56. The predicted molar refractivity (Wildman–Crippen MR) is 75.0 cm³/mol. The second kappa shape index (κ2) is 6.41. The van der Waals surface area contributed by atoms with E-state index in [-0.39, 0.29) is 12.5 Å². The minimum absolute atomic E-state index is 0.201. The van der Waals surface area contributed by atoms with E-state index in [1.165, 1.54) is 5.56 Å². The molecule has 0 spiro atoms. The fourth-order valence-corrected chi connectivity index (χ4v) is 2.30. The third kappa shape index (κ3) is 3.10. The van der Waals surface area contributed by atoms with E-state index in [0.29, 0.717) is 12.4 Å². The summed E-state index contributed by atoms with van der Waals surface area (Å²) in [6, 6.07) is 3.93. The highest BCUT2D eigenvalue weighted by atomic mass is 16.5. The summed E-state index contributed by atoms with van der Waals surface area (Å²) in [5.74, 6) is 1.23. The van der Waals surface area contributed by atoms with Crippen molar-refractivity contribution in [2.24, 2.45) is 0 Å². The molecule has 0 N–H and O–H groups in total. The van der Waals surface area contributed by atoms with Gasteiger partial charge in [0.15, 0.2) is 17.7 Å². The van der Waals surface area contributed by atoms with Crippen molar-refractivity contribution in [2.45, 2.75) is 13.3 Å². The topological polar surface area (TPSA) is 47.8 Å². The minimum atomic E-state index is -0.201. The van der Waals surface area contributed by atoms with Gasteiger partial charge in [-0.1, -0.05) is 0 Å². The molecule has 1 aromatic rings. The Morgan fingerprint density at radius 1 is 1.25 bits per heavy atom.